The first-order chi connectivity index (χ1) is 23.5. The van der Waals surface area contributed by atoms with E-state index in [4.69, 9.17) is 11.5 Å². The first-order valence-corrected chi connectivity index (χ1v) is 20.7. The maximum atomic E-state index is 10.1. The molecular weight excluding hydrogens is 1050 g/mol. The summed E-state index contributed by atoms with van der Waals surface area (Å²) in [6.45, 7) is 10.6. The van der Waals surface area contributed by atoms with Crippen molar-refractivity contribution in [3.8, 4) is 0 Å². The third-order valence-corrected chi connectivity index (χ3v) is 8.56. The summed E-state index contributed by atoms with van der Waals surface area (Å²) >= 11 is 0. The van der Waals surface area contributed by atoms with Crippen LogP contribution in [0.1, 0.15) is 206 Å². The Balaban J connectivity index is -0.0000000765. The molecule has 0 fully saturated rings. The molecule has 0 heterocycles. The van der Waals surface area contributed by atoms with Crippen molar-refractivity contribution in [2.24, 2.45) is 11.5 Å². The average Bonchev–Trinajstić information content (AvgIpc) is 3.07. The van der Waals surface area contributed by atoms with Gasteiger partial charge < -0.3 is 66.5 Å². The summed E-state index contributed by atoms with van der Waals surface area (Å²) in [5.74, 6) is -1.82. The fourth-order valence-electron chi connectivity index (χ4n) is 5.44. The van der Waals surface area contributed by atoms with Gasteiger partial charge in [-0.2, -0.15) is 0 Å². The van der Waals surface area contributed by atoms with Crippen LogP contribution in [0.4, 0.5) is 0 Å². The number of carboxylic acids is 2. The van der Waals surface area contributed by atoms with Gasteiger partial charge in [-0.25, -0.2) is 0 Å². The minimum atomic E-state index is -0.908. The second-order valence-corrected chi connectivity index (χ2v) is 13.5. The molecule has 0 aromatic heterocycles. The van der Waals surface area contributed by atoms with E-state index in [1.165, 1.54) is 154 Å². The molecule has 0 aromatic rings. The van der Waals surface area contributed by atoms with Crippen molar-refractivity contribution in [1.82, 2.24) is 35.2 Å². The van der Waals surface area contributed by atoms with Crippen molar-refractivity contribution in [2.75, 3.05) is 39.3 Å². The van der Waals surface area contributed by atoms with Gasteiger partial charge in [0, 0.05) is 67.2 Å². The Morgan fingerprint density at radius 3 is 0.833 bits per heavy atom. The van der Waals surface area contributed by atoms with Crippen LogP contribution in [0.15, 0.2) is 0 Å². The van der Waals surface area contributed by atoms with Crippen LogP contribution in [0, 0.1) is 0 Å². The Morgan fingerprint density at radius 1 is 0.370 bits per heavy atom. The number of unbranched alkanes of at least 4 members (excludes halogenated alkanes) is 24. The van der Waals surface area contributed by atoms with Crippen molar-refractivity contribution in [3.63, 3.8) is 0 Å². The van der Waals surface area contributed by atoms with Crippen LogP contribution in [0.2, 0.25) is 0 Å². The van der Waals surface area contributed by atoms with Gasteiger partial charge >= 0.3 is 0 Å². The monoisotopic (exact) mass is 1140 g/mol. The molecule has 0 spiro atoms. The summed E-state index contributed by atoms with van der Waals surface area (Å²) in [4.78, 5) is 20.2. The van der Waals surface area contributed by atoms with Gasteiger partial charge in [0.05, 0.1) is 0 Å². The third kappa shape index (κ3) is 88.9. The molecule has 12 nitrogen and oxygen atoms in total. The van der Waals surface area contributed by atoms with E-state index in [1.54, 1.807) is 0 Å². The third-order valence-electron chi connectivity index (χ3n) is 8.56. The van der Waals surface area contributed by atoms with Gasteiger partial charge in [0.1, 0.15) is 0 Å². The second kappa shape index (κ2) is 74.0. The number of nitrogens with two attached hydrogens (primary N) is 2. The standard InChI is InChI=1S/C14H34N4.2C13H26O2.4H3N.2Pt/c15-9-5-1-3-7-11-17-13-14-18-12-8-4-2-6-10-16;2*1-2-3-4-5-6-7-8-9-10-11-12-13(14)15;;;;;;/h17-18H,1-16H2;2*2-12H2,1H3,(H,14,15);4*1H3;;/p-2. The molecule has 0 saturated carbocycles. The quantitative estimate of drug-likeness (QED) is 0.0275. The Kier molecular flexibility index (Phi) is 103. The summed E-state index contributed by atoms with van der Waals surface area (Å²) in [6, 6.07) is 0. The Hall–Kier alpha value is -0.00338. The second-order valence-electron chi connectivity index (χ2n) is 13.5. The van der Waals surface area contributed by atoms with Crippen molar-refractivity contribution in [2.45, 2.75) is 206 Å². The van der Waals surface area contributed by atoms with Crippen LogP contribution < -0.4 is 56.9 Å². The summed E-state index contributed by atoms with van der Waals surface area (Å²) in [6.07, 6.45) is 35.2. The van der Waals surface area contributed by atoms with E-state index in [9.17, 15) is 19.8 Å². The Bertz CT molecular complexity index is 570. The van der Waals surface area contributed by atoms with Crippen molar-refractivity contribution >= 4 is 11.9 Å². The van der Waals surface area contributed by atoms with Gasteiger partial charge in [-0.1, -0.05) is 155 Å². The molecule has 0 amide bonds. The van der Waals surface area contributed by atoms with Crippen molar-refractivity contribution in [1.29, 1.82) is 0 Å². The summed E-state index contributed by atoms with van der Waals surface area (Å²) in [7, 11) is 0. The minimum Gasteiger partial charge on any atom is -0.550 e. The largest absolute Gasteiger partial charge is 0.550 e. The van der Waals surface area contributed by atoms with Gasteiger partial charge in [0.2, 0.25) is 0 Å². The zero-order chi connectivity index (χ0) is 36.0. The Morgan fingerprint density at radius 2 is 0.593 bits per heavy atom. The van der Waals surface area contributed by atoms with E-state index >= 15 is 0 Å². The van der Waals surface area contributed by atoms with Gasteiger partial charge in [-0.05, 0) is 77.5 Å². The first-order valence-electron chi connectivity index (χ1n) is 20.7. The van der Waals surface area contributed by atoms with Gasteiger partial charge in [0.25, 0.3) is 0 Å². The summed E-state index contributed by atoms with van der Waals surface area (Å²) < 4.78 is 0. The molecular formula is C40H96N8O4Pt2-2. The molecule has 0 atom stereocenters. The number of hydrogen-bond acceptors (Lipinski definition) is 12. The van der Waals surface area contributed by atoms with Crippen LogP contribution >= 0.6 is 0 Å². The van der Waals surface area contributed by atoms with Crippen LogP contribution in [0.25, 0.3) is 0 Å². The van der Waals surface area contributed by atoms with E-state index in [2.05, 4.69) is 24.5 Å². The van der Waals surface area contributed by atoms with E-state index in [0.29, 0.717) is 0 Å². The van der Waals surface area contributed by atoms with Crippen molar-refractivity contribution < 1.29 is 61.9 Å². The minimum absolute atomic E-state index is 0. The molecule has 0 aliphatic heterocycles. The molecule has 0 bridgehead atoms. The van der Waals surface area contributed by atoms with Crippen LogP contribution in [0.3, 0.4) is 0 Å². The van der Waals surface area contributed by atoms with Gasteiger partial charge in [-0.15, -0.1) is 0 Å². The fourth-order valence-corrected chi connectivity index (χ4v) is 5.44. The van der Waals surface area contributed by atoms with Crippen molar-refractivity contribution in [3.05, 3.63) is 0 Å². The maximum Gasteiger partial charge on any atom is 0.0414 e. The van der Waals surface area contributed by atoms with Gasteiger partial charge in [0.15, 0.2) is 0 Å². The van der Waals surface area contributed by atoms with E-state index in [1.807, 2.05) is 0 Å². The molecule has 0 aromatic carbocycles. The predicted molar refractivity (Wildman–Crippen MR) is 224 cm³/mol. The molecule has 0 aliphatic carbocycles. The number of carbonyl (C=O) groups is 2. The number of rotatable bonds is 37. The topological polar surface area (TPSA) is 296 Å². The average molecular weight is 1140 g/mol. The van der Waals surface area contributed by atoms with Crippen LogP contribution in [-0.4, -0.2) is 51.2 Å². The zero-order valence-corrected chi connectivity index (χ0v) is 40.2. The number of hydrogen-bond donors (Lipinski definition) is 8. The predicted octanol–water partition coefficient (Wildman–Crippen LogP) is 7.94. The molecule has 54 heavy (non-hydrogen) atoms. The number of carbonyl (C=O) groups excluding carboxylic acids is 2. The molecule has 0 saturated heterocycles. The first kappa shape index (κ1) is 74.9. The number of nitrogens with one attached hydrogen (secondary N) is 2. The molecule has 14 heteroatoms. The molecule has 0 radical (unpaired) electrons. The molecule has 0 unspecified atom stereocenters. The molecule has 342 valence electrons. The molecule has 0 rings (SSSR count). The molecule has 18 N–H and O–H groups in total. The summed E-state index contributed by atoms with van der Waals surface area (Å²) in [5.41, 5.74) is 10.9. The van der Waals surface area contributed by atoms with Crippen LogP contribution in [0.5, 0.6) is 0 Å². The maximum absolute atomic E-state index is 10.1. The fraction of sp³-hybridized carbons (Fsp3) is 0.950. The molecule has 0 aliphatic rings. The van der Waals surface area contributed by atoms with Gasteiger partial charge in [-0.3, -0.25) is 0 Å². The van der Waals surface area contributed by atoms with E-state index in [-0.39, 0.29) is 79.6 Å². The zero-order valence-electron chi connectivity index (χ0n) is 35.7. The SMILES string of the molecule is CCCCCCCCCCCCC(=O)[O-].CCCCCCCCCCCCC(=O)[O-].N.N.N.N.NCCCCCCNCCNCCCCCCN.[Pt].[Pt]. The smallest absolute Gasteiger partial charge is 0.0414 e. The van der Waals surface area contributed by atoms with E-state index in [0.717, 1.165) is 65.0 Å². The van der Waals surface area contributed by atoms with E-state index < -0.39 is 11.9 Å². The Labute approximate surface area is 364 Å². The summed E-state index contributed by atoms with van der Waals surface area (Å²) in [5, 5.41) is 27.2. The normalized spacial score (nSPS) is 9.48. The van der Waals surface area contributed by atoms with Crippen LogP contribution in [-0.2, 0) is 51.7 Å². The number of carboxylic acid groups (broad SMARTS) is 2. The number of aliphatic carboxylic acids is 2.